The Bertz CT molecular complexity index is 407. The fourth-order valence-electron chi connectivity index (χ4n) is 2.89. The molecule has 1 aromatic rings. The van der Waals surface area contributed by atoms with Crippen LogP contribution in [0.3, 0.4) is 0 Å². The molecule has 0 aromatic heterocycles. The van der Waals surface area contributed by atoms with Crippen molar-refractivity contribution in [3.63, 3.8) is 0 Å². The Hall–Kier alpha value is -0.0600. The van der Waals surface area contributed by atoms with Crippen LogP contribution in [0.5, 0.6) is 5.75 Å². The van der Waals surface area contributed by atoms with E-state index >= 15 is 0 Å². The molecular formula is C15H21Br2NO. The maximum atomic E-state index is 9.77. The van der Waals surface area contributed by atoms with Crippen LogP contribution >= 0.6 is 31.9 Å². The molecule has 106 valence electrons. The average molecular weight is 391 g/mol. The van der Waals surface area contributed by atoms with Crippen molar-refractivity contribution in [2.75, 3.05) is 6.54 Å². The largest absolute Gasteiger partial charge is 0.506 e. The Morgan fingerprint density at radius 1 is 1.21 bits per heavy atom. The molecule has 0 bridgehead atoms. The molecule has 1 N–H and O–H groups in total. The van der Waals surface area contributed by atoms with E-state index in [2.05, 4.69) is 43.7 Å². The summed E-state index contributed by atoms with van der Waals surface area (Å²) in [6.45, 7) is 4.36. The van der Waals surface area contributed by atoms with Crippen molar-refractivity contribution in [1.82, 2.24) is 4.90 Å². The summed E-state index contributed by atoms with van der Waals surface area (Å²) < 4.78 is 1.53. The maximum absolute atomic E-state index is 9.77. The molecule has 2 nitrogen and oxygen atoms in total. The van der Waals surface area contributed by atoms with Gasteiger partial charge in [-0.05, 0) is 75.4 Å². The number of halogens is 2. The van der Waals surface area contributed by atoms with Crippen molar-refractivity contribution in [2.24, 2.45) is 0 Å². The van der Waals surface area contributed by atoms with Gasteiger partial charge in [0, 0.05) is 12.6 Å². The van der Waals surface area contributed by atoms with Gasteiger partial charge in [0.25, 0.3) is 0 Å². The van der Waals surface area contributed by atoms with E-state index in [1.54, 1.807) is 0 Å². The summed E-state index contributed by atoms with van der Waals surface area (Å²) in [7, 11) is 0. The summed E-state index contributed by atoms with van der Waals surface area (Å²) >= 11 is 6.82. The molecule has 0 aliphatic heterocycles. The zero-order chi connectivity index (χ0) is 13.8. The second-order valence-electron chi connectivity index (χ2n) is 5.32. The molecule has 0 amide bonds. The minimum absolute atomic E-state index is 0.284. The van der Waals surface area contributed by atoms with E-state index < -0.39 is 0 Å². The zero-order valence-corrected chi connectivity index (χ0v) is 14.5. The summed E-state index contributed by atoms with van der Waals surface area (Å²) in [5, 5.41) is 9.77. The number of phenolic OH excluding ortho intramolecular Hbond substituents is 1. The lowest BCUT2D eigenvalue weighted by Crippen LogP contribution is -2.33. The Morgan fingerprint density at radius 3 is 2.32 bits per heavy atom. The Balaban J connectivity index is 2.12. The fraction of sp³-hybridized carbons (Fsp3) is 0.600. The summed E-state index contributed by atoms with van der Waals surface area (Å²) in [5.74, 6) is 0.284. The smallest absolute Gasteiger partial charge is 0.143 e. The van der Waals surface area contributed by atoms with E-state index in [0.717, 1.165) is 28.1 Å². The van der Waals surface area contributed by atoms with E-state index in [0.29, 0.717) is 0 Å². The molecule has 2 rings (SSSR count). The molecule has 1 saturated carbocycles. The third-order valence-corrected chi connectivity index (χ3v) is 5.02. The monoisotopic (exact) mass is 389 g/mol. The molecule has 0 radical (unpaired) electrons. The van der Waals surface area contributed by atoms with Gasteiger partial charge in [-0.1, -0.05) is 19.8 Å². The van der Waals surface area contributed by atoms with Gasteiger partial charge in [0.15, 0.2) is 0 Å². The van der Waals surface area contributed by atoms with Gasteiger partial charge in [0.05, 0.1) is 8.95 Å². The van der Waals surface area contributed by atoms with E-state index in [1.165, 1.54) is 37.7 Å². The lowest BCUT2D eigenvalue weighted by Gasteiger charge is -2.28. The van der Waals surface area contributed by atoms with Crippen LogP contribution in [-0.4, -0.2) is 22.6 Å². The summed E-state index contributed by atoms with van der Waals surface area (Å²) in [5.41, 5.74) is 1.25. The number of aromatic hydroxyl groups is 1. The fourth-order valence-corrected chi connectivity index (χ4v) is 4.17. The molecule has 0 unspecified atom stereocenters. The van der Waals surface area contributed by atoms with Gasteiger partial charge in [-0.15, -0.1) is 0 Å². The highest BCUT2D eigenvalue weighted by Gasteiger charge is 2.22. The second-order valence-corrected chi connectivity index (χ2v) is 7.03. The first-order chi connectivity index (χ1) is 9.11. The van der Waals surface area contributed by atoms with Crippen molar-refractivity contribution in [3.05, 3.63) is 26.6 Å². The Kier molecular flexibility index (Phi) is 5.72. The maximum Gasteiger partial charge on any atom is 0.143 e. The zero-order valence-electron chi connectivity index (χ0n) is 11.3. The predicted molar refractivity (Wildman–Crippen MR) is 86.5 cm³/mol. The van der Waals surface area contributed by atoms with Crippen LogP contribution in [0.1, 0.15) is 44.6 Å². The van der Waals surface area contributed by atoms with Gasteiger partial charge in [-0.2, -0.15) is 0 Å². The Labute approximate surface area is 132 Å². The summed E-state index contributed by atoms with van der Waals surface area (Å²) in [6.07, 6.45) is 6.60. The number of phenols is 1. The quantitative estimate of drug-likeness (QED) is 0.758. The van der Waals surface area contributed by atoms with Crippen LogP contribution in [-0.2, 0) is 6.54 Å². The molecule has 19 heavy (non-hydrogen) atoms. The van der Waals surface area contributed by atoms with Gasteiger partial charge in [-0.25, -0.2) is 0 Å². The molecule has 0 spiro atoms. The lowest BCUT2D eigenvalue weighted by molar-refractivity contribution is 0.190. The van der Waals surface area contributed by atoms with Crippen LogP contribution in [0.15, 0.2) is 21.1 Å². The highest BCUT2D eigenvalue weighted by Crippen LogP contribution is 2.34. The van der Waals surface area contributed by atoms with Gasteiger partial charge >= 0.3 is 0 Å². The Morgan fingerprint density at radius 2 is 1.79 bits per heavy atom. The van der Waals surface area contributed by atoms with Gasteiger partial charge in [-0.3, -0.25) is 4.90 Å². The number of rotatable bonds is 5. The highest BCUT2D eigenvalue weighted by molar-refractivity contribution is 9.11. The normalized spacial score (nSPS) is 16.4. The first kappa shape index (κ1) is 15.3. The van der Waals surface area contributed by atoms with Crippen molar-refractivity contribution < 1.29 is 5.11 Å². The minimum atomic E-state index is 0.284. The molecule has 1 aliphatic rings. The molecule has 1 aliphatic carbocycles. The molecule has 4 heteroatoms. The third kappa shape index (κ3) is 3.96. The van der Waals surface area contributed by atoms with E-state index in [4.69, 9.17) is 0 Å². The molecule has 0 heterocycles. The van der Waals surface area contributed by atoms with Gasteiger partial charge in [0.2, 0.25) is 0 Å². The van der Waals surface area contributed by atoms with Crippen LogP contribution in [0.4, 0.5) is 0 Å². The number of nitrogens with zero attached hydrogens (tertiary/aromatic N) is 1. The van der Waals surface area contributed by atoms with Crippen LogP contribution < -0.4 is 0 Å². The molecule has 0 atom stereocenters. The standard InChI is InChI=1S/C15H21Br2NO/c1-2-7-18(12-5-3-4-6-12)10-11-8-13(16)15(19)14(17)9-11/h8-9,12,19H,2-7,10H2,1H3. The first-order valence-electron chi connectivity index (χ1n) is 7.02. The average Bonchev–Trinajstić information content (AvgIpc) is 2.89. The topological polar surface area (TPSA) is 23.5 Å². The van der Waals surface area contributed by atoms with Crippen LogP contribution in [0.25, 0.3) is 0 Å². The molecular weight excluding hydrogens is 370 g/mol. The van der Waals surface area contributed by atoms with Crippen LogP contribution in [0, 0.1) is 0 Å². The van der Waals surface area contributed by atoms with Gasteiger partial charge < -0.3 is 5.11 Å². The lowest BCUT2D eigenvalue weighted by atomic mass is 10.1. The van der Waals surface area contributed by atoms with E-state index in [1.807, 2.05) is 12.1 Å². The van der Waals surface area contributed by atoms with Crippen molar-refractivity contribution in [1.29, 1.82) is 0 Å². The number of hydrogen-bond donors (Lipinski definition) is 1. The van der Waals surface area contributed by atoms with Crippen molar-refractivity contribution in [3.8, 4) is 5.75 Å². The third-order valence-electron chi connectivity index (χ3n) is 3.81. The predicted octanol–water partition coefficient (Wildman–Crippen LogP) is 5.07. The number of hydrogen-bond acceptors (Lipinski definition) is 2. The molecule has 1 aromatic carbocycles. The minimum Gasteiger partial charge on any atom is -0.506 e. The summed E-state index contributed by atoms with van der Waals surface area (Å²) in [6, 6.07) is 4.79. The first-order valence-corrected chi connectivity index (χ1v) is 8.61. The highest BCUT2D eigenvalue weighted by atomic mass is 79.9. The molecule has 0 saturated heterocycles. The van der Waals surface area contributed by atoms with Crippen molar-refractivity contribution in [2.45, 2.75) is 51.6 Å². The SMILES string of the molecule is CCCN(Cc1cc(Br)c(O)c(Br)c1)C1CCCC1. The van der Waals surface area contributed by atoms with Crippen LogP contribution in [0.2, 0.25) is 0 Å². The van der Waals surface area contributed by atoms with Gasteiger partial charge in [0.1, 0.15) is 5.75 Å². The summed E-state index contributed by atoms with van der Waals surface area (Å²) in [4.78, 5) is 2.60. The number of benzene rings is 1. The second kappa shape index (κ2) is 7.09. The van der Waals surface area contributed by atoms with Crippen molar-refractivity contribution >= 4 is 31.9 Å². The van der Waals surface area contributed by atoms with E-state index in [-0.39, 0.29) is 5.75 Å². The van der Waals surface area contributed by atoms with E-state index in [9.17, 15) is 5.11 Å². The molecule has 1 fully saturated rings.